The van der Waals surface area contributed by atoms with Crippen molar-refractivity contribution in [3.8, 4) is 11.5 Å². The molecule has 2 atom stereocenters. The van der Waals surface area contributed by atoms with Gasteiger partial charge in [0.05, 0.1) is 0 Å². The highest BCUT2D eigenvalue weighted by Crippen LogP contribution is 2.62. The Kier molecular flexibility index (Phi) is 8.18. The summed E-state index contributed by atoms with van der Waals surface area (Å²) in [5.74, 6) is 4.60. The van der Waals surface area contributed by atoms with E-state index in [4.69, 9.17) is 18.9 Å². The van der Waals surface area contributed by atoms with Gasteiger partial charge in [-0.25, -0.2) is 0 Å². The van der Waals surface area contributed by atoms with Gasteiger partial charge in [0.15, 0.2) is 13.1 Å². The van der Waals surface area contributed by atoms with Crippen LogP contribution in [-0.2, 0) is 14.9 Å². The van der Waals surface area contributed by atoms with Crippen LogP contribution in [0.3, 0.4) is 0 Å². The van der Waals surface area contributed by atoms with E-state index in [1.807, 2.05) is 37.3 Å². The lowest BCUT2D eigenvalue weighted by molar-refractivity contribution is -0.150. The molecule has 224 valence electrons. The number of nitrogens with zero attached hydrogens (tertiary/aromatic N) is 1. The molecule has 0 aromatic heterocycles. The quantitative estimate of drug-likeness (QED) is 0.217. The van der Waals surface area contributed by atoms with Crippen molar-refractivity contribution in [3.63, 3.8) is 0 Å². The number of ether oxygens (including phenoxy) is 4. The summed E-state index contributed by atoms with van der Waals surface area (Å²) in [5.41, 5.74) is 3.10. The minimum absolute atomic E-state index is 0.208. The summed E-state index contributed by atoms with van der Waals surface area (Å²) in [6, 6.07) is 22.6. The monoisotopic (exact) mass is 569 g/mol. The van der Waals surface area contributed by atoms with Crippen LogP contribution >= 0.6 is 0 Å². The van der Waals surface area contributed by atoms with Crippen molar-refractivity contribution in [2.24, 2.45) is 17.8 Å². The van der Waals surface area contributed by atoms with Gasteiger partial charge in [0.1, 0.15) is 18.1 Å². The molecular formula is C37H47NO4. The first-order valence-electron chi connectivity index (χ1n) is 16.4. The van der Waals surface area contributed by atoms with Crippen molar-refractivity contribution in [2.75, 3.05) is 33.6 Å². The Morgan fingerprint density at radius 3 is 2.36 bits per heavy atom. The molecule has 5 aliphatic rings. The third kappa shape index (κ3) is 5.80. The molecule has 4 aliphatic carbocycles. The van der Waals surface area contributed by atoms with Crippen LogP contribution in [0.4, 0.5) is 0 Å². The summed E-state index contributed by atoms with van der Waals surface area (Å²) in [4.78, 5) is 2.64. The zero-order valence-electron chi connectivity index (χ0n) is 25.4. The van der Waals surface area contributed by atoms with Crippen LogP contribution in [0, 0.1) is 17.8 Å². The summed E-state index contributed by atoms with van der Waals surface area (Å²) in [5, 5.41) is 2.60. The zero-order chi connectivity index (χ0) is 28.5. The van der Waals surface area contributed by atoms with E-state index in [2.05, 4.69) is 35.2 Å². The molecule has 3 aromatic carbocycles. The van der Waals surface area contributed by atoms with Crippen molar-refractivity contribution in [1.82, 2.24) is 4.90 Å². The van der Waals surface area contributed by atoms with Gasteiger partial charge < -0.3 is 18.9 Å². The molecular weight excluding hydrogens is 522 g/mol. The maximum absolute atomic E-state index is 6.43. The minimum Gasteiger partial charge on any atom is -0.492 e. The molecule has 42 heavy (non-hydrogen) atoms. The highest BCUT2D eigenvalue weighted by Gasteiger charge is 2.52. The van der Waals surface area contributed by atoms with Crippen LogP contribution in [0.15, 0.2) is 60.7 Å². The first-order chi connectivity index (χ1) is 20.6. The number of methoxy groups -OCH3 is 1. The van der Waals surface area contributed by atoms with E-state index in [1.165, 1.54) is 79.7 Å². The molecule has 3 aromatic rings. The Morgan fingerprint density at radius 2 is 1.62 bits per heavy atom. The number of rotatable bonds is 11. The Balaban J connectivity index is 1.17. The summed E-state index contributed by atoms with van der Waals surface area (Å²) in [6.45, 7) is 4.91. The number of piperidine rings is 1. The molecule has 0 amide bonds. The van der Waals surface area contributed by atoms with E-state index < -0.39 is 0 Å². The second kappa shape index (κ2) is 12.2. The lowest BCUT2D eigenvalue weighted by Gasteiger charge is -2.57. The lowest BCUT2D eigenvalue weighted by Crippen LogP contribution is -2.48. The second-order valence-corrected chi connectivity index (χ2v) is 13.6. The molecule has 5 fully saturated rings. The normalized spacial score (nSPS) is 29.6. The number of likely N-dealkylation sites (tertiary alicyclic amines) is 1. The standard InChI is InChI=1S/C37H47NO4/c1-26(39-2)41-25-42-36-21-30-11-12-31(35-10-6-7-13-38(35)14-15-40-33-8-4-3-5-9-33)19-32(30)20-34(36)37-22-27-16-28(23-37)18-29(17-27)24-37/h3-5,8-9,11-12,19-21,26-29,35H,6-7,10,13-18,22-25H2,1-2H3. The largest absolute Gasteiger partial charge is 0.492 e. The average Bonchev–Trinajstić information content (AvgIpc) is 3.00. The predicted octanol–water partition coefficient (Wildman–Crippen LogP) is 8.26. The molecule has 4 bridgehead atoms. The van der Waals surface area contributed by atoms with Gasteiger partial charge in [-0.1, -0.05) is 36.8 Å². The molecule has 8 rings (SSSR count). The van der Waals surface area contributed by atoms with Gasteiger partial charge in [-0.3, -0.25) is 4.90 Å². The van der Waals surface area contributed by atoms with E-state index in [0.717, 1.165) is 42.3 Å². The number of hydrogen-bond acceptors (Lipinski definition) is 5. The van der Waals surface area contributed by atoms with Crippen molar-refractivity contribution in [3.05, 3.63) is 71.8 Å². The second-order valence-electron chi connectivity index (χ2n) is 13.6. The van der Waals surface area contributed by atoms with Gasteiger partial charge in [-0.05, 0) is 135 Å². The van der Waals surface area contributed by atoms with E-state index in [-0.39, 0.29) is 18.5 Å². The Labute approximate surface area is 251 Å². The van der Waals surface area contributed by atoms with Gasteiger partial charge in [-0.2, -0.15) is 0 Å². The predicted molar refractivity (Wildman–Crippen MR) is 167 cm³/mol. The van der Waals surface area contributed by atoms with Gasteiger partial charge in [-0.15, -0.1) is 0 Å². The van der Waals surface area contributed by atoms with Crippen LogP contribution in [0.25, 0.3) is 10.8 Å². The molecule has 0 spiro atoms. The Bertz CT molecular complexity index is 1320. The topological polar surface area (TPSA) is 40.2 Å². The van der Waals surface area contributed by atoms with Gasteiger partial charge in [0, 0.05) is 25.3 Å². The third-order valence-electron chi connectivity index (χ3n) is 10.8. The Morgan fingerprint density at radius 1 is 0.857 bits per heavy atom. The number of para-hydroxylation sites is 1. The Hall–Kier alpha value is -2.60. The number of benzene rings is 3. The molecule has 2 unspecified atom stereocenters. The summed E-state index contributed by atoms with van der Waals surface area (Å²) in [7, 11) is 1.67. The van der Waals surface area contributed by atoms with E-state index >= 15 is 0 Å². The lowest BCUT2D eigenvalue weighted by atomic mass is 9.48. The SMILES string of the molecule is COC(C)OCOc1cc2ccc(C3CCCCN3CCOc3ccccc3)cc2cc1C12CC3CC(CC(C3)C1)C2. The van der Waals surface area contributed by atoms with Crippen LogP contribution in [-0.4, -0.2) is 44.8 Å². The molecule has 1 heterocycles. The first kappa shape index (κ1) is 28.2. The van der Waals surface area contributed by atoms with Gasteiger partial charge in [0.25, 0.3) is 0 Å². The maximum Gasteiger partial charge on any atom is 0.191 e. The molecule has 0 radical (unpaired) electrons. The van der Waals surface area contributed by atoms with Crippen molar-refractivity contribution in [2.45, 2.75) is 82.5 Å². The zero-order valence-corrected chi connectivity index (χ0v) is 25.4. The number of fused-ring (bicyclic) bond motifs is 1. The summed E-state index contributed by atoms with van der Waals surface area (Å²) < 4.78 is 23.6. The van der Waals surface area contributed by atoms with Crippen molar-refractivity contribution >= 4 is 10.8 Å². The molecule has 0 N–H and O–H groups in total. The number of hydrogen-bond donors (Lipinski definition) is 0. The summed E-state index contributed by atoms with van der Waals surface area (Å²) >= 11 is 0. The molecule has 1 aliphatic heterocycles. The van der Waals surface area contributed by atoms with Crippen LogP contribution in [0.5, 0.6) is 11.5 Å². The van der Waals surface area contributed by atoms with Crippen LogP contribution in [0.2, 0.25) is 0 Å². The first-order valence-corrected chi connectivity index (χ1v) is 16.4. The molecule has 5 heteroatoms. The van der Waals surface area contributed by atoms with E-state index in [0.29, 0.717) is 12.6 Å². The van der Waals surface area contributed by atoms with E-state index in [1.54, 1.807) is 7.11 Å². The van der Waals surface area contributed by atoms with Crippen LogP contribution < -0.4 is 9.47 Å². The van der Waals surface area contributed by atoms with Gasteiger partial charge in [0.2, 0.25) is 0 Å². The molecule has 1 saturated heterocycles. The van der Waals surface area contributed by atoms with E-state index in [9.17, 15) is 0 Å². The van der Waals surface area contributed by atoms with Gasteiger partial charge >= 0.3 is 0 Å². The fourth-order valence-corrected chi connectivity index (χ4v) is 9.17. The fraction of sp³-hybridized carbons (Fsp3) is 0.568. The van der Waals surface area contributed by atoms with Crippen molar-refractivity contribution < 1.29 is 18.9 Å². The maximum atomic E-state index is 6.43. The third-order valence-corrected chi connectivity index (χ3v) is 10.8. The summed E-state index contributed by atoms with van der Waals surface area (Å²) in [6.07, 6.45) is 11.7. The highest BCUT2D eigenvalue weighted by atomic mass is 16.7. The minimum atomic E-state index is -0.285. The smallest absolute Gasteiger partial charge is 0.191 e. The van der Waals surface area contributed by atoms with Crippen molar-refractivity contribution in [1.29, 1.82) is 0 Å². The average molecular weight is 570 g/mol. The fourth-order valence-electron chi connectivity index (χ4n) is 9.17. The molecule has 4 saturated carbocycles. The highest BCUT2D eigenvalue weighted by molar-refractivity contribution is 5.86. The molecule has 5 nitrogen and oxygen atoms in total. The van der Waals surface area contributed by atoms with Crippen LogP contribution in [0.1, 0.15) is 81.9 Å².